The molecule has 1 aromatic carbocycles. The largest absolute Gasteiger partial charge is 0.487 e. The number of pyridine rings is 1. The fourth-order valence-electron chi connectivity index (χ4n) is 3.20. The number of nitrogens with zero attached hydrogens (tertiary/aromatic N) is 3. The first-order chi connectivity index (χ1) is 15.2. The highest BCUT2D eigenvalue weighted by molar-refractivity contribution is 6.07. The summed E-state index contributed by atoms with van der Waals surface area (Å²) in [4.78, 5) is 36.6. The van der Waals surface area contributed by atoms with E-state index >= 15 is 0 Å². The number of amides is 1. The zero-order chi connectivity index (χ0) is 22.9. The third-order valence-corrected chi connectivity index (χ3v) is 4.67. The highest BCUT2D eigenvalue weighted by Crippen LogP contribution is 2.33. The van der Waals surface area contributed by atoms with Gasteiger partial charge in [0, 0.05) is 12.3 Å². The molecule has 3 heterocycles. The molecule has 2 aromatic heterocycles. The van der Waals surface area contributed by atoms with Gasteiger partial charge in [0.1, 0.15) is 29.6 Å². The standard InChI is InChI=1S/C20H15F4N5O3/c21-12-3-11(20(22,23)24)4-14(5-12)32-15-8-29(9-15)16-1-2-27-18(30)17(16)19(31)28-13-6-25-10-26-7-13/h1-7,10,15H,8-9H2,(H,27,30)(H,28,31). The van der Waals surface area contributed by atoms with Crippen LogP contribution < -0.4 is 20.5 Å². The van der Waals surface area contributed by atoms with E-state index < -0.39 is 35.1 Å². The lowest BCUT2D eigenvalue weighted by Crippen LogP contribution is -2.55. The first-order valence-electron chi connectivity index (χ1n) is 9.28. The minimum absolute atomic E-state index is 0.153. The van der Waals surface area contributed by atoms with Crippen LogP contribution in [0.25, 0.3) is 0 Å². The Morgan fingerprint density at radius 2 is 1.91 bits per heavy atom. The molecular weight excluding hydrogens is 434 g/mol. The summed E-state index contributed by atoms with van der Waals surface area (Å²) >= 11 is 0. The maximum Gasteiger partial charge on any atom is 0.416 e. The maximum absolute atomic E-state index is 13.6. The Morgan fingerprint density at radius 1 is 1.19 bits per heavy atom. The number of ether oxygens (including phenoxy) is 1. The summed E-state index contributed by atoms with van der Waals surface area (Å²) in [7, 11) is 0. The van der Waals surface area contributed by atoms with Gasteiger partial charge in [-0.2, -0.15) is 13.2 Å². The Kier molecular flexibility index (Phi) is 5.51. The number of hydrogen-bond acceptors (Lipinski definition) is 6. The molecule has 1 aliphatic heterocycles. The normalized spacial score (nSPS) is 14.1. The second-order valence-electron chi connectivity index (χ2n) is 6.97. The van der Waals surface area contributed by atoms with Crippen molar-refractivity contribution in [2.45, 2.75) is 12.3 Å². The molecule has 0 unspecified atom stereocenters. The molecule has 166 valence electrons. The Balaban J connectivity index is 1.48. The number of carbonyl (C=O) groups excluding carboxylic acids is 1. The molecule has 12 heteroatoms. The monoisotopic (exact) mass is 449 g/mol. The molecule has 8 nitrogen and oxygen atoms in total. The number of aromatic nitrogens is 3. The van der Waals surface area contributed by atoms with E-state index in [1.165, 1.54) is 31.0 Å². The van der Waals surface area contributed by atoms with E-state index in [2.05, 4.69) is 20.3 Å². The van der Waals surface area contributed by atoms with Crippen LogP contribution in [-0.2, 0) is 6.18 Å². The van der Waals surface area contributed by atoms with Crippen LogP contribution >= 0.6 is 0 Å². The smallest absolute Gasteiger partial charge is 0.416 e. The van der Waals surface area contributed by atoms with Crippen molar-refractivity contribution < 1.29 is 27.1 Å². The van der Waals surface area contributed by atoms with Gasteiger partial charge in [-0.1, -0.05) is 0 Å². The molecule has 1 saturated heterocycles. The third kappa shape index (κ3) is 4.53. The van der Waals surface area contributed by atoms with Crippen LogP contribution in [0.1, 0.15) is 15.9 Å². The molecule has 0 spiro atoms. The minimum atomic E-state index is -4.71. The average molecular weight is 449 g/mol. The third-order valence-electron chi connectivity index (χ3n) is 4.67. The van der Waals surface area contributed by atoms with Crippen LogP contribution in [0.15, 0.2) is 54.0 Å². The van der Waals surface area contributed by atoms with Crippen molar-refractivity contribution in [3.8, 4) is 5.75 Å². The van der Waals surface area contributed by atoms with Crippen molar-refractivity contribution in [3.05, 3.63) is 76.5 Å². The fraction of sp³-hybridized carbons (Fsp3) is 0.200. The van der Waals surface area contributed by atoms with E-state index in [-0.39, 0.29) is 24.4 Å². The van der Waals surface area contributed by atoms with Gasteiger partial charge >= 0.3 is 6.18 Å². The van der Waals surface area contributed by atoms with Gasteiger partial charge in [-0.3, -0.25) is 9.59 Å². The lowest BCUT2D eigenvalue weighted by Gasteiger charge is -2.41. The van der Waals surface area contributed by atoms with Gasteiger partial charge in [-0.25, -0.2) is 14.4 Å². The summed E-state index contributed by atoms with van der Waals surface area (Å²) in [5.74, 6) is -2.00. The predicted octanol–water partition coefficient (Wildman–Crippen LogP) is 2.84. The van der Waals surface area contributed by atoms with E-state index in [1.54, 1.807) is 4.90 Å². The van der Waals surface area contributed by atoms with Crippen molar-refractivity contribution in [1.82, 2.24) is 15.0 Å². The number of alkyl halides is 3. The SMILES string of the molecule is O=C(Nc1cncnc1)c1c(N2CC(Oc3cc(F)cc(C(F)(F)F)c3)C2)cc[nH]c1=O. The molecule has 2 N–H and O–H groups in total. The predicted molar refractivity (Wildman–Crippen MR) is 105 cm³/mol. The van der Waals surface area contributed by atoms with Crippen molar-refractivity contribution in [2.24, 2.45) is 0 Å². The van der Waals surface area contributed by atoms with E-state index in [1.807, 2.05) is 0 Å². The van der Waals surface area contributed by atoms with Crippen molar-refractivity contribution in [1.29, 1.82) is 0 Å². The summed E-state index contributed by atoms with van der Waals surface area (Å²) < 4.78 is 57.6. The first-order valence-corrected chi connectivity index (χ1v) is 9.28. The number of carbonyl (C=O) groups is 1. The first kappa shape index (κ1) is 21.3. The fourth-order valence-corrected chi connectivity index (χ4v) is 3.20. The summed E-state index contributed by atoms with van der Waals surface area (Å²) in [6.07, 6.45) is 0.120. The Bertz CT molecular complexity index is 1190. The van der Waals surface area contributed by atoms with Crippen molar-refractivity contribution in [3.63, 3.8) is 0 Å². The lowest BCUT2D eigenvalue weighted by atomic mass is 10.1. The zero-order valence-corrected chi connectivity index (χ0v) is 16.2. The highest BCUT2D eigenvalue weighted by Gasteiger charge is 2.34. The molecule has 3 aromatic rings. The van der Waals surface area contributed by atoms with Gasteiger partial charge in [-0.05, 0) is 18.2 Å². The Labute approximate surface area is 177 Å². The van der Waals surface area contributed by atoms with Crippen LogP contribution in [0.5, 0.6) is 5.75 Å². The molecule has 0 aliphatic carbocycles. The molecule has 4 rings (SSSR count). The van der Waals surface area contributed by atoms with Gasteiger partial charge in [0.25, 0.3) is 11.5 Å². The quantitative estimate of drug-likeness (QED) is 0.581. The second kappa shape index (κ2) is 8.29. The van der Waals surface area contributed by atoms with Crippen LogP contribution in [0.2, 0.25) is 0 Å². The van der Waals surface area contributed by atoms with Crippen molar-refractivity contribution in [2.75, 3.05) is 23.3 Å². The molecule has 0 saturated carbocycles. The number of rotatable bonds is 5. The summed E-state index contributed by atoms with van der Waals surface area (Å²) in [6.45, 7) is 0.353. The van der Waals surface area contributed by atoms with E-state index in [0.717, 1.165) is 12.1 Å². The minimum Gasteiger partial charge on any atom is -0.487 e. The van der Waals surface area contributed by atoms with Gasteiger partial charge in [-0.15, -0.1) is 0 Å². The Hall–Kier alpha value is -3.96. The van der Waals surface area contributed by atoms with Gasteiger partial charge in [0.2, 0.25) is 0 Å². The molecule has 0 bridgehead atoms. The topological polar surface area (TPSA) is 100 Å². The molecular formula is C20H15F4N5O3. The maximum atomic E-state index is 13.6. The Morgan fingerprint density at radius 3 is 2.59 bits per heavy atom. The molecule has 0 radical (unpaired) electrons. The lowest BCUT2D eigenvalue weighted by molar-refractivity contribution is -0.137. The van der Waals surface area contributed by atoms with Gasteiger partial charge in [0.15, 0.2) is 0 Å². The highest BCUT2D eigenvalue weighted by atomic mass is 19.4. The summed E-state index contributed by atoms with van der Waals surface area (Å²) in [6, 6.07) is 3.50. The molecule has 1 amide bonds. The molecule has 1 aliphatic rings. The number of benzene rings is 1. The summed E-state index contributed by atoms with van der Waals surface area (Å²) in [5, 5.41) is 2.53. The molecule has 1 fully saturated rings. The number of aromatic amines is 1. The average Bonchev–Trinajstić information content (AvgIpc) is 2.70. The van der Waals surface area contributed by atoms with Crippen LogP contribution in [0, 0.1) is 5.82 Å². The second-order valence-corrected chi connectivity index (χ2v) is 6.97. The summed E-state index contributed by atoms with van der Waals surface area (Å²) in [5.41, 5.74) is -1.32. The number of H-pyrrole nitrogens is 1. The molecule has 32 heavy (non-hydrogen) atoms. The number of anilines is 2. The van der Waals surface area contributed by atoms with E-state index in [9.17, 15) is 27.2 Å². The van der Waals surface area contributed by atoms with Gasteiger partial charge < -0.3 is 19.9 Å². The van der Waals surface area contributed by atoms with E-state index in [4.69, 9.17) is 4.74 Å². The van der Waals surface area contributed by atoms with Crippen molar-refractivity contribution >= 4 is 17.3 Å². The number of hydrogen-bond donors (Lipinski definition) is 2. The number of halogens is 4. The van der Waals surface area contributed by atoms with Gasteiger partial charge in [0.05, 0.1) is 42.4 Å². The van der Waals surface area contributed by atoms with Crippen LogP contribution in [0.4, 0.5) is 28.9 Å². The van der Waals surface area contributed by atoms with E-state index in [0.29, 0.717) is 17.4 Å². The number of nitrogens with one attached hydrogen (secondary N) is 2. The van der Waals surface area contributed by atoms with Crippen LogP contribution in [0.3, 0.4) is 0 Å². The molecule has 0 atom stereocenters. The van der Waals surface area contributed by atoms with Crippen LogP contribution in [-0.4, -0.2) is 40.1 Å². The zero-order valence-electron chi connectivity index (χ0n) is 16.2.